The molecule has 0 bridgehead atoms. The van der Waals surface area contributed by atoms with Gasteiger partial charge in [-0.2, -0.15) is 0 Å². The predicted octanol–water partition coefficient (Wildman–Crippen LogP) is 3.29. The number of imidazole rings is 1. The van der Waals surface area contributed by atoms with Gasteiger partial charge in [0.05, 0.1) is 6.33 Å². The number of benzene rings is 1. The number of aryl methyl sites for hydroxylation is 1. The Kier molecular flexibility index (Phi) is 4.11. The Balaban J connectivity index is 1.28. The molecule has 23 heavy (non-hydrogen) atoms. The molecule has 0 unspecified atom stereocenters. The number of oxazole rings is 1. The third-order valence-corrected chi connectivity index (χ3v) is 4.70. The number of aromatic nitrogens is 3. The molecule has 0 saturated carbocycles. The Morgan fingerprint density at radius 1 is 1.13 bits per heavy atom. The Bertz CT molecular complexity index is 708. The maximum absolute atomic E-state index is 5.93. The summed E-state index contributed by atoms with van der Waals surface area (Å²) in [7, 11) is 0. The van der Waals surface area contributed by atoms with Crippen molar-refractivity contribution in [3.8, 4) is 0 Å². The Hall–Kier alpha value is -2.14. The normalized spacial score (nSPS) is 17.0. The molecule has 2 aromatic heterocycles. The summed E-state index contributed by atoms with van der Waals surface area (Å²) < 4.78 is 8.08. The van der Waals surface area contributed by atoms with Gasteiger partial charge in [-0.1, -0.05) is 12.1 Å². The van der Waals surface area contributed by atoms with E-state index in [1.54, 1.807) is 0 Å². The SMILES string of the molecule is c1ccc2oc(C3CCN(CCCn4ccnc4)CC3)nc2c1. The van der Waals surface area contributed by atoms with Gasteiger partial charge >= 0.3 is 0 Å². The van der Waals surface area contributed by atoms with Gasteiger partial charge in [0.2, 0.25) is 0 Å². The second kappa shape index (κ2) is 6.54. The van der Waals surface area contributed by atoms with Crippen LogP contribution >= 0.6 is 0 Å². The summed E-state index contributed by atoms with van der Waals surface area (Å²) in [6.45, 7) is 4.46. The lowest BCUT2D eigenvalue weighted by molar-refractivity contribution is 0.196. The molecule has 0 radical (unpaired) electrons. The highest BCUT2D eigenvalue weighted by Crippen LogP contribution is 2.29. The summed E-state index contributed by atoms with van der Waals surface area (Å²) in [6.07, 6.45) is 9.20. The zero-order valence-electron chi connectivity index (χ0n) is 13.3. The summed E-state index contributed by atoms with van der Waals surface area (Å²) in [5, 5.41) is 0. The molecule has 0 spiro atoms. The van der Waals surface area contributed by atoms with E-state index in [2.05, 4.69) is 19.4 Å². The molecule has 1 saturated heterocycles. The molecule has 120 valence electrons. The van der Waals surface area contributed by atoms with Gasteiger partial charge < -0.3 is 13.9 Å². The molecule has 1 fully saturated rings. The van der Waals surface area contributed by atoms with E-state index in [9.17, 15) is 0 Å². The first kappa shape index (κ1) is 14.5. The standard InChI is InChI=1S/C18H22N4O/c1-2-5-17-16(4-1)20-18(23-17)15-6-11-21(12-7-15)9-3-10-22-13-8-19-14-22/h1-2,4-5,8,13-15H,3,6-7,9-12H2. The molecule has 1 aromatic carbocycles. The van der Waals surface area contributed by atoms with E-state index in [0.717, 1.165) is 56.0 Å². The summed E-state index contributed by atoms with van der Waals surface area (Å²) in [4.78, 5) is 11.3. The van der Waals surface area contributed by atoms with E-state index < -0.39 is 0 Å². The van der Waals surface area contributed by atoms with Gasteiger partial charge in [-0.05, 0) is 51.0 Å². The van der Waals surface area contributed by atoms with Gasteiger partial charge in [-0.25, -0.2) is 9.97 Å². The number of piperidine rings is 1. The molecular weight excluding hydrogens is 288 g/mol. The van der Waals surface area contributed by atoms with Gasteiger partial charge in [-0.15, -0.1) is 0 Å². The quantitative estimate of drug-likeness (QED) is 0.725. The average Bonchev–Trinajstić information content (AvgIpc) is 3.24. The second-order valence-corrected chi connectivity index (χ2v) is 6.29. The molecule has 5 heteroatoms. The number of hydrogen-bond acceptors (Lipinski definition) is 4. The Morgan fingerprint density at radius 2 is 2.00 bits per heavy atom. The van der Waals surface area contributed by atoms with Crippen LogP contribution in [0.2, 0.25) is 0 Å². The lowest BCUT2D eigenvalue weighted by atomic mass is 9.96. The number of hydrogen-bond donors (Lipinski definition) is 0. The van der Waals surface area contributed by atoms with Crippen LogP contribution in [-0.4, -0.2) is 39.1 Å². The van der Waals surface area contributed by atoms with Crippen LogP contribution in [0.4, 0.5) is 0 Å². The first-order valence-electron chi connectivity index (χ1n) is 8.42. The van der Waals surface area contributed by atoms with Gasteiger partial charge in [0.1, 0.15) is 5.52 Å². The molecule has 0 N–H and O–H groups in total. The fourth-order valence-corrected chi connectivity index (χ4v) is 3.36. The molecule has 1 aliphatic heterocycles. The highest BCUT2D eigenvalue weighted by molar-refractivity contribution is 5.72. The number of fused-ring (bicyclic) bond motifs is 1. The van der Waals surface area contributed by atoms with Crippen molar-refractivity contribution in [1.82, 2.24) is 19.4 Å². The molecule has 3 heterocycles. The number of likely N-dealkylation sites (tertiary alicyclic amines) is 1. The van der Waals surface area contributed by atoms with Crippen molar-refractivity contribution in [3.05, 3.63) is 48.9 Å². The molecule has 0 aliphatic carbocycles. The molecule has 5 nitrogen and oxygen atoms in total. The minimum atomic E-state index is 0.465. The fraction of sp³-hybridized carbons (Fsp3) is 0.444. The molecule has 0 amide bonds. The maximum Gasteiger partial charge on any atom is 0.198 e. The van der Waals surface area contributed by atoms with Crippen LogP contribution in [0, 0.1) is 0 Å². The van der Waals surface area contributed by atoms with Gasteiger partial charge in [-0.3, -0.25) is 0 Å². The molecule has 4 rings (SSSR count). The summed E-state index contributed by atoms with van der Waals surface area (Å²) in [5.41, 5.74) is 1.88. The molecular formula is C18H22N4O. The van der Waals surface area contributed by atoms with Crippen LogP contribution in [0.1, 0.15) is 31.1 Å². The van der Waals surface area contributed by atoms with E-state index in [1.807, 2.05) is 43.0 Å². The first-order valence-corrected chi connectivity index (χ1v) is 8.42. The lowest BCUT2D eigenvalue weighted by Crippen LogP contribution is -2.34. The van der Waals surface area contributed by atoms with Gasteiger partial charge in [0.25, 0.3) is 0 Å². The van der Waals surface area contributed by atoms with Crippen LogP contribution in [0.25, 0.3) is 11.1 Å². The third kappa shape index (κ3) is 3.29. The summed E-state index contributed by atoms with van der Waals surface area (Å²) >= 11 is 0. The van der Waals surface area contributed by atoms with Crippen molar-refractivity contribution < 1.29 is 4.42 Å². The van der Waals surface area contributed by atoms with Crippen LogP contribution in [0.3, 0.4) is 0 Å². The van der Waals surface area contributed by atoms with Crippen LogP contribution in [-0.2, 0) is 6.54 Å². The summed E-state index contributed by atoms with van der Waals surface area (Å²) in [6, 6.07) is 8.03. The van der Waals surface area contributed by atoms with Crippen LogP contribution in [0.15, 0.2) is 47.4 Å². The van der Waals surface area contributed by atoms with Crippen molar-refractivity contribution in [2.24, 2.45) is 0 Å². The molecule has 0 atom stereocenters. The van der Waals surface area contributed by atoms with Crippen LogP contribution < -0.4 is 0 Å². The monoisotopic (exact) mass is 310 g/mol. The highest BCUT2D eigenvalue weighted by Gasteiger charge is 2.24. The van der Waals surface area contributed by atoms with E-state index in [1.165, 1.54) is 6.42 Å². The van der Waals surface area contributed by atoms with Crippen molar-refractivity contribution in [3.63, 3.8) is 0 Å². The lowest BCUT2D eigenvalue weighted by Gasteiger charge is -2.30. The van der Waals surface area contributed by atoms with Crippen molar-refractivity contribution in [2.75, 3.05) is 19.6 Å². The van der Waals surface area contributed by atoms with E-state index >= 15 is 0 Å². The number of rotatable bonds is 5. The summed E-state index contributed by atoms with van der Waals surface area (Å²) in [5.74, 6) is 1.39. The average molecular weight is 310 g/mol. The second-order valence-electron chi connectivity index (χ2n) is 6.29. The highest BCUT2D eigenvalue weighted by atomic mass is 16.3. The third-order valence-electron chi connectivity index (χ3n) is 4.70. The Morgan fingerprint density at radius 3 is 2.78 bits per heavy atom. The molecule has 1 aliphatic rings. The minimum Gasteiger partial charge on any atom is -0.440 e. The van der Waals surface area contributed by atoms with Crippen LogP contribution in [0.5, 0.6) is 0 Å². The maximum atomic E-state index is 5.93. The van der Waals surface area contributed by atoms with Gasteiger partial charge in [0.15, 0.2) is 11.5 Å². The zero-order valence-corrected chi connectivity index (χ0v) is 13.3. The number of nitrogens with zero attached hydrogens (tertiary/aromatic N) is 4. The largest absolute Gasteiger partial charge is 0.440 e. The topological polar surface area (TPSA) is 47.1 Å². The fourth-order valence-electron chi connectivity index (χ4n) is 3.36. The van der Waals surface area contributed by atoms with Crippen molar-refractivity contribution in [1.29, 1.82) is 0 Å². The van der Waals surface area contributed by atoms with E-state index in [0.29, 0.717) is 5.92 Å². The van der Waals surface area contributed by atoms with E-state index in [4.69, 9.17) is 4.42 Å². The first-order chi connectivity index (χ1) is 11.4. The molecule has 3 aromatic rings. The van der Waals surface area contributed by atoms with Crippen molar-refractivity contribution >= 4 is 11.1 Å². The Labute approximate surface area is 135 Å². The number of para-hydroxylation sites is 2. The minimum absolute atomic E-state index is 0.465. The zero-order chi connectivity index (χ0) is 15.5. The predicted molar refractivity (Wildman–Crippen MR) is 89.3 cm³/mol. The van der Waals surface area contributed by atoms with E-state index in [-0.39, 0.29) is 0 Å². The van der Waals surface area contributed by atoms with Crippen molar-refractivity contribution in [2.45, 2.75) is 31.7 Å². The smallest absolute Gasteiger partial charge is 0.198 e. The van der Waals surface area contributed by atoms with Gasteiger partial charge in [0, 0.05) is 24.9 Å².